The Bertz CT molecular complexity index is 1280. The molecule has 0 unspecified atom stereocenters. The summed E-state index contributed by atoms with van der Waals surface area (Å²) in [5.41, 5.74) is 0.875. The van der Waals surface area contributed by atoms with Gasteiger partial charge in [0.2, 0.25) is 10.0 Å². The highest BCUT2D eigenvalue weighted by atomic mass is 32.2. The van der Waals surface area contributed by atoms with Gasteiger partial charge in [-0.1, -0.05) is 25.0 Å². The number of carbonyl (C=O) groups is 1. The maximum Gasteiger partial charge on any atom is 0.420 e. The number of hydrogen-bond acceptors (Lipinski definition) is 6. The molecule has 1 fully saturated rings. The van der Waals surface area contributed by atoms with Crippen molar-refractivity contribution in [2.45, 2.75) is 44.0 Å². The second kappa shape index (κ2) is 9.30. The number of aromatic nitrogens is 1. The molecular weight excluding hydrogens is 432 g/mol. The minimum absolute atomic E-state index is 0.0841. The highest BCUT2D eigenvalue weighted by Crippen LogP contribution is 2.25. The molecule has 2 heterocycles. The highest BCUT2D eigenvalue weighted by molar-refractivity contribution is 7.89. The first-order chi connectivity index (χ1) is 15.4. The van der Waals surface area contributed by atoms with Gasteiger partial charge in [0, 0.05) is 19.2 Å². The van der Waals surface area contributed by atoms with Gasteiger partial charge in [0.05, 0.1) is 29.1 Å². The maximum atomic E-state index is 13.1. The molecule has 0 spiro atoms. The first kappa shape index (κ1) is 22.3. The zero-order chi connectivity index (χ0) is 22.7. The summed E-state index contributed by atoms with van der Waals surface area (Å²) in [5.74, 6) is -0.571. The third-order valence-corrected chi connectivity index (χ3v) is 7.53. The van der Waals surface area contributed by atoms with Crippen LogP contribution in [0, 0.1) is 0 Å². The Morgan fingerprint density at radius 2 is 1.78 bits per heavy atom. The zero-order valence-electron chi connectivity index (χ0n) is 18.0. The van der Waals surface area contributed by atoms with Crippen LogP contribution < -0.4 is 10.5 Å². The molecule has 9 heteroatoms. The van der Waals surface area contributed by atoms with Crippen LogP contribution >= 0.6 is 0 Å². The van der Waals surface area contributed by atoms with Crippen molar-refractivity contribution in [2.24, 2.45) is 0 Å². The Morgan fingerprint density at radius 3 is 2.50 bits per heavy atom. The lowest BCUT2D eigenvalue weighted by Gasteiger charge is -2.19. The molecule has 0 N–H and O–H groups in total. The molecule has 4 rings (SSSR count). The van der Waals surface area contributed by atoms with Crippen LogP contribution in [0.1, 0.15) is 43.0 Å². The molecule has 2 aromatic carbocycles. The van der Waals surface area contributed by atoms with Gasteiger partial charge in [-0.15, -0.1) is 0 Å². The van der Waals surface area contributed by atoms with E-state index in [-0.39, 0.29) is 22.8 Å². The third kappa shape index (κ3) is 4.35. The first-order valence-corrected chi connectivity index (χ1v) is 12.2. The van der Waals surface area contributed by atoms with Crippen molar-refractivity contribution in [3.63, 3.8) is 0 Å². The summed E-state index contributed by atoms with van der Waals surface area (Å²) in [6.45, 7) is 2.96. The van der Waals surface area contributed by atoms with Crippen molar-refractivity contribution in [3.8, 4) is 5.75 Å². The summed E-state index contributed by atoms with van der Waals surface area (Å²) >= 11 is 0. The standard InChI is InChI=1S/C23H26N2O6S/c1-2-30-21-10-6-5-9-18(21)20(26)16-25-19-12-11-17(15-22(19)31-23(25)27)32(28,29)24-13-7-3-4-8-14-24/h5-6,9-12,15H,2-4,7-8,13-14,16H2,1H3. The van der Waals surface area contributed by atoms with Crippen LogP contribution in [0.4, 0.5) is 0 Å². The SMILES string of the molecule is CCOc1ccccc1C(=O)Cn1c(=O)oc2cc(S(=O)(=O)N3CCCCCC3)ccc21. The molecule has 1 aliphatic heterocycles. The van der Waals surface area contributed by atoms with E-state index in [2.05, 4.69) is 0 Å². The molecule has 8 nitrogen and oxygen atoms in total. The number of fused-ring (bicyclic) bond motifs is 1. The summed E-state index contributed by atoms with van der Waals surface area (Å²) < 4.78 is 39.7. The monoisotopic (exact) mass is 458 g/mol. The largest absolute Gasteiger partial charge is 0.493 e. The Kier molecular flexibility index (Phi) is 6.48. The van der Waals surface area contributed by atoms with E-state index in [4.69, 9.17) is 9.15 Å². The summed E-state index contributed by atoms with van der Waals surface area (Å²) in [4.78, 5) is 25.4. The number of sulfonamides is 1. The first-order valence-electron chi connectivity index (χ1n) is 10.8. The van der Waals surface area contributed by atoms with Crippen LogP contribution in [0.15, 0.2) is 56.6 Å². The molecule has 1 aromatic heterocycles. The molecule has 0 saturated carbocycles. The van der Waals surface area contributed by atoms with E-state index < -0.39 is 15.8 Å². The second-order valence-electron chi connectivity index (χ2n) is 7.75. The minimum Gasteiger partial charge on any atom is -0.493 e. The fourth-order valence-corrected chi connectivity index (χ4v) is 5.53. The predicted octanol–water partition coefficient (Wildman–Crippen LogP) is 3.44. The molecular formula is C23H26N2O6S. The Morgan fingerprint density at radius 1 is 1.06 bits per heavy atom. The number of Topliss-reactive ketones (excluding diaryl/α,β-unsaturated/α-hetero) is 1. The van der Waals surface area contributed by atoms with Crippen molar-refractivity contribution in [1.82, 2.24) is 8.87 Å². The normalized spacial score (nSPS) is 15.5. The van der Waals surface area contributed by atoms with Crippen LogP contribution in [-0.4, -0.2) is 42.8 Å². The predicted molar refractivity (Wildman–Crippen MR) is 120 cm³/mol. The molecule has 0 radical (unpaired) electrons. The number of carbonyl (C=O) groups excluding carboxylic acids is 1. The molecule has 1 saturated heterocycles. The fraction of sp³-hybridized carbons (Fsp3) is 0.391. The van der Waals surface area contributed by atoms with Crippen molar-refractivity contribution < 1.29 is 22.4 Å². The van der Waals surface area contributed by atoms with Gasteiger partial charge in [0.25, 0.3) is 0 Å². The smallest absolute Gasteiger partial charge is 0.420 e. The Labute approximate surface area is 186 Å². The molecule has 3 aromatic rings. The summed E-state index contributed by atoms with van der Waals surface area (Å²) in [6, 6.07) is 11.2. The average Bonchev–Trinajstić information content (AvgIpc) is 2.95. The third-order valence-electron chi connectivity index (χ3n) is 5.63. The van der Waals surface area contributed by atoms with Crippen molar-refractivity contribution in [1.29, 1.82) is 0 Å². The van der Waals surface area contributed by atoms with E-state index >= 15 is 0 Å². The summed E-state index contributed by atoms with van der Waals surface area (Å²) in [6.07, 6.45) is 3.70. The topological polar surface area (TPSA) is 98.8 Å². The molecule has 0 atom stereocenters. The zero-order valence-corrected chi connectivity index (χ0v) is 18.8. The summed E-state index contributed by atoms with van der Waals surface area (Å²) in [5, 5.41) is 0. The lowest BCUT2D eigenvalue weighted by atomic mass is 10.1. The number of ketones is 1. The van der Waals surface area contributed by atoms with Gasteiger partial charge in [-0.05, 0) is 44.0 Å². The van der Waals surface area contributed by atoms with E-state index in [0.29, 0.717) is 36.5 Å². The van der Waals surface area contributed by atoms with Gasteiger partial charge < -0.3 is 9.15 Å². The Balaban J connectivity index is 1.65. The number of hydrogen-bond donors (Lipinski definition) is 0. The molecule has 0 amide bonds. The highest BCUT2D eigenvalue weighted by Gasteiger charge is 2.26. The van der Waals surface area contributed by atoms with Gasteiger partial charge in [-0.25, -0.2) is 13.2 Å². The molecule has 32 heavy (non-hydrogen) atoms. The Hall–Kier alpha value is -2.91. The van der Waals surface area contributed by atoms with E-state index in [9.17, 15) is 18.0 Å². The second-order valence-corrected chi connectivity index (χ2v) is 9.69. The molecule has 0 bridgehead atoms. The van der Waals surface area contributed by atoms with Gasteiger partial charge in [-0.2, -0.15) is 4.31 Å². The molecule has 1 aliphatic rings. The van der Waals surface area contributed by atoms with Gasteiger partial charge in [-0.3, -0.25) is 9.36 Å². The molecule has 0 aliphatic carbocycles. The number of para-hydroxylation sites is 1. The van der Waals surface area contributed by atoms with E-state index in [1.165, 1.54) is 27.1 Å². The van der Waals surface area contributed by atoms with Crippen LogP contribution in [0.25, 0.3) is 11.1 Å². The number of rotatable bonds is 7. The van der Waals surface area contributed by atoms with Crippen molar-refractivity contribution in [2.75, 3.05) is 19.7 Å². The van der Waals surface area contributed by atoms with Crippen molar-refractivity contribution >= 4 is 26.9 Å². The van der Waals surface area contributed by atoms with Crippen LogP contribution in [0.2, 0.25) is 0 Å². The quantitative estimate of drug-likeness (QED) is 0.503. The number of benzene rings is 2. The number of nitrogens with zero attached hydrogens (tertiary/aromatic N) is 2. The van der Waals surface area contributed by atoms with E-state index in [0.717, 1.165) is 25.7 Å². The number of ether oxygens (including phenoxy) is 1. The van der Waals surface area contributed by atoms with Gasteiger partial charge >= 0.3 is 5.76 Å². The molecule has 170 valence electrons. The fourth-order valence-electron chi connectivity index (χ4n) is 4.00. The minimum atomic E-state index is -3.68. The van der Waals surface area contributed by atoms with E-state index in [1.807, 2.05) is 6.92 Å². The average molecular weight is 459 g/mol. The van der Waals surface area contributed by atoms with Gasteiger partial charge in [0.15, 0.2) is 11.4 Å². The number of oxazole rings is 1. The van der Waals surface area contributed by atoms with Crippen LogP contribution in [0.5, 0.6) is 5.75 Å². The van der Waals surface area contributed by atoms with Crippen molar-refractivity contribution in [3.05, 3.63) is 58.6 Å². The van der Waals surface area contributed by atoms with E-state index in [1.54, 1.807) is 24.3 Å². The van der Waals surface area contributed by atoms with Crippen LogP contribution in [0.3, 0.4) is 0 Å². The lowest BCUT2D eigenvalue weighted by molar-refractivity contribution is 0.0967. The van der Waals surface area contributed by atoms with Gasteiger partial charge in [0.1, 0.15) is 5.75 Å². The maximum absolute atomic E-state index is 13.1. The van der Waals surface area contributed by atoms with Crippen LogP contribution in [-0.2, 0) is 16.6 Å². The summed E-state index contributed by atoms with van der Waals surface area (Å²) in [7, 11) is -3.68. The lowest BCUT2D eigenvalue weighted by Crippen LogP contribution is -2.31.